The van der Waals surface area contributed by atoms with Crippen LogP contribution in [0.3, 0.4) is 0 Å². The van der Waals surface area contributed by atoms with Gasteiger partial charge in [-0.3, -0.25) is 19.2 Å². The number of anilines is 1. The number of carbonyl (C=O) groups excluding carboxylic acids is 4. The summed E-state index contributed by atoms with van der Waals surface area (Å²) in [7, 11) is 0. The Balaban J connectivity index is 1.45. The fourth-order valence-corrected chi connectivity index (χ4v) is 6.29. The molecule has 190 valence electrons. The number of esters is 1. The second-order valence-electron chi connectivity index (χ2n) is 9.42. The fourth-order valence-electron chi connectivity index (χ4n) is 5.79. The second kappa shape index (κ2) is 9.11. The van der Waals surface area contributed by atoms with E-state index in [1.54, 1.807) is 30.5 Å². The van der Waals surface area contributed by atoms with E-state index in [2.05, 4.69) is 0 Å². The smallest absolute Gasteiger partial charge is 0.308 e. The number of hydrogen-bond acceptors (Lipinski definition) is 6. The van der Waals surface area contributed by atoms with E-state index in [0.29, 0.717) is 16.5 Å². The fraction of sp³-hybridized carbons (Fsp3) is 0.172. The first kappa shape index (κ1) is 24.4. The van der Waals surface area contributed by atoms with Crippen molar-refractivity contribution in [1.29, 1.82) is 0 Å². The molecule has 2 saturated heterocycles. The summed E-state index contributed by atoms with van der Waals surface area (Å²) in [6.45, 7) is 1.29. The molecule has 3 aromatic carbocycles. The summed E-state index contributed by atoms with van der Waals surface area (Å²) in [5.41, 5.74) is 2.37. The molecule has 3 aliphatic rings. The second-order valence-corrected chi connectivity index (χ2v) is 10.3. The van der Waals surface area contributed by atoms with Gasteiger partial charge in [-0.05, 0) is 59.7 Å². The Labute approximate surface area is 228 Å². The number of amides is 2. The number of nitrogens with zero attached hydrogens (tertiary/aromatic N) is 2. The van der Waals surface area contributed by atoms with Crippen LogP contribution in [-0.4, -0.2) is 34.5 Å². The number of imide groups is 1. The first-order valence-corrected chi connectivity index (χ1v) is 12.7. The molecule has 0 N–H and O–H groups in total. The third-order valence-electron chi connectivity index (χ3n) is 7.28. The Hall–Kier alpha value is -3.94. The summed E-state index contributed by atoms with van der Waals surface area (Å²) in [6.07, 6.45) is 3.67. The van der Waals surface area contributed by atoms with Crippen molar-refractivity contribution in [3.05, 3.63) is 99.7 Å². The molecule has 0 bridgehead atoms. The third kappa shape index (κ3) is 3.73. The molecule has 0 spiro atoms. The quantitative estimate of drug-likeness (QED) is 0.190. The standard InChI is InChI=1S/C29H20Cl2N2O5/c1-15(34)38-19-9-7-18(8-10-19)33-28(36)23-24(29(33)37)26(27(35)21-11-6-17(30)14-22(21)31)32-13-12-16-4-2-3-5-20(16)25(23)32/h2-14,23-26H,1H3/t23-,24+,25+,26-/m0/s1. The molecule has 0 radical (unpaired) electrons. The molecule has 0 aromatic heterocycles. The monoisotopic (exact) mass is 546 g/mol. The molecule has 9 heteroatoms. The Morgan fingerprint density at radius 1 is 0.895 bits per heavy atom. The maximum absolute atomic E-state index is 14.0. The molecular formula is C29H20Cl2N2O5. The van der Waals surface area contributed by atoms with Gasteiger partial charge in [0.2, 0.25) is 11.8 Å². The molecule has 4 atom stereocenters. The topological polar surface area (TPSA) is 84.0 Å². The van der Waals surface area contributed by atoms with Crippen LogP contribution in [0.5, 0.6) is 5.75 Å². The molecule has 6 rings (SSSR count). The van der Waals surface area contributed by atoms with E-state index in [-0.39, 0.29) is 16.4 Å². The molecule has 7 nitrogen and oxygen atoms in total. The normalized spacial score (nSPS) is 23.2. The van der Waals surface area contributed by atoms with Crippen molar-refractivity contribution in [2.24, 2.45) is 11.8 Å². The number of benzene rings is 3. The van der Waals surface area contributed by atoms with Crippen LogP contribution in [-0.2, 0) is 14.4 Å². The lowest BCUT2D eigenvalue weighted by Gasteiger charge is -2.35. The molecule has 0 unspecified atom stereocenters. The highest BCUT2D eigenvalue weighted by atomic mass is 35.5. The van der Waals surface area contributed by atoms with Crippen molar-refractivity contribution in [2.75, 3.05) is 4.90 Å². The highest BCUT2D eigenvalue weighted by molar-refractivity contribution is 6.37. The largest absolute Gasteiger partial charge is 0.427 e. The van der Waals surface area contributed by atoms with Crippen molar-refractivity contribution in [3.8, 4) is 5.75 Å². The van der Waals surface area contributed by atoms with Gasteiger partial charge in [-0.1, -0.05) is 47.5 Å². The molecule has 0 saturated carbocycles. The van der Waals surface area contributed by atoms with Crippen molar-refractivity contribution in [3.63, 3.8) is 0 Å². The number of rotatable bonds is 4. The zero-order valence-electron chi connectivity index (χ0n) is 20.0. The molecular weight excluding hydrogens is 527 g/mol. The van der Waals surface area contributed by atoms with Gasteiger partial charge in [0.15, 0.2) is 5.78 Å². The van der Waals surface area contributed by atoms with Gasteiger partial charge in [0.25, 0.3) is 0 Å². The number of fused-ring (bicyclic) bond motifs is 5. The average molecular weight is 547 g/mol. The van der Waals surface area contributed by atoms with Crippen molar-refractivity contribution >= 4 is 58.5 Å². The lowest BCUT2D eigenvalue weighted by atomic mass is 9.83. The predicted molar refractivity (Wildman–Crippen MR) is 142 cm³/mol. The number of ketones is 1. The minimum absolute atomic E-state index is 0.179. The summed E-state index contributed by atoms with van der Waals surface area (Å²) in [5.74, 6) is -3.13. The van der Waals surface area contributed by atoms with Gasteiger partial charge in [-0.15, -0.1) is 0 Å². The summed E-state index contributed by atoms with van der Waals surface area (Å²) in [5, 5.41) is 0.564. The van der Waals surface area contributed by atoms with Crippen LogP contribution in [0.25, 0.3) is 6.08 Å². The van der Waals surface area contributed by atoms with Crippen molar-refractivity contribution in [1.82, 2.24) is 4.90 Å². The highest BCUT2D eigenvalue weighted by Gasteiger charge is 2.64. The van der Waals surface area contributed by atoms with Crippen LogP contribution < -0.4 is 9.64 Å². The zero-order valence-corrected chi connectivity index (χ0v) is 21.5. The molecule has 3 aliphatic heterocycles. The van der Waals surface area contributed by atoms with Gasteiger partial charge >= 0.3 is 5.97 Å². The number of Topliss-reactive ketones (excluding diaryl/α,β-unsaturated/α-hetero) is 1. The maximum atomic E-state index is 14.0. The van der Waals surface area contributed by atoms with E-state index in [0.717, 1.165) is 16.0 Å². The van der Waals surface area contributed by atoms with Gasteiger partial charge < -0.3 is 9.64 Å². The van der Waals surface area contributed by atoms with Gasteiger partial charge in [0.1, 0.15) is 11.8 Å². The van der Waals surface area contributed by atoms with Crippen LogP contribution >= 0.6 is 23.2 Å². The Morgan fingerprint density at radius 3 is 2.32 bits per heavy atom. The molecule has 2 fully saturated rings. The number of hydrogen-bond donors (Lipinski definition) is 0. The first-order chi connectivity index (χ1) is 18.3. The van der Waals surface area contributed by atoms with Crippen LogP contribution in [0.1, 0.15) is 34.5 Å². The number of carbonyl (C=O) groups is 4. The van der Waals surface area contributed by atoms with E-state index in [1.807, 2.05) is 35.2 Å². The molecule has 3 heterocycles. The number of ether oxygens (including phenoxy) is 1. The van der Waals surface area contributed by atoms with E-state index in [1.165, 1.54) is 25.1 Å². The van der Waals surface area contributed by atoms with E-state index < -0.39 is 41.7 Å². The average Bonchev–Trinajstić information content (AvgIpc) is 3.36. The number of halogens is 2. The van der Waals surface area contributed by atoms with Crippen LogP contribution in [0.2, 0.25) is 10.0 Å². The van der Waals surface area contributed by atoms with Crippen molar-refractivity contribution < 1.29 is 23.9 Å². The minimum atomic E-state index is -0.949. The maximum Gasteiger partial charge on any atom is 0.308 e. The molecule has 2 amide bonds. The molecule has 38 heavy (non-hydrogen) atoms. The van der Waals surface area contributed by atoms with Gasteiger partial charge in [0.05, 0.1) is 28.6 Å². The van der Waals surface area contributed by atoms with Crippen LogP contribution in [0, 0.1) is 11.8 Å². The summed E-state index contributed by atoms with van der Waals surface area (Å²) in [4.78, 5) is 56.2. The minimum Gasteiger partial charge on any atom is -0.427 e. The molecule has 0 aliphatic carbocycles. The Kier molecular flexibility index (Phi) is 5.85. The van der Waals surface area contributed by atoms with E-state index in [9.17, 15) is 19.2 Å². The van der Waals surface area contributed by atoms with E-state index >= 15 is 0 Å². The van der Waals surface area contributed by atoms with Gasteiger partial charge in [0, 0.05) is 23.7 Å². The molecule has 3 aromatic rings. The van der Waals surface area contributed by atoms with E-state index in [4.69, 9.17) is 27.9 Å². The Bertz CT molecular complexity index is 1550. The first-order valence-electron chi connectivity index (χ1n) is 12.0. The van der Waals surface area contributed by atoms with Crippen molar-refractivity contribution in [2.45, 2.75) is 19.0 Å². The zero-order chi connectivity index (χ0) is 26.7. The van der Waals surface area contributed by atoms with Gasteiger partial charge in [-0.2, -0.15) is 0 Å². The predicted octanol–water partition coefficient (Wildman–Crippen LogP) is 5.32. The van der Waals surface area contributed by atoms with Gasteiger partial charge in [-0.25, -0.2) is 4.90 Å². The Morgan fingerprint density at radius 2 is 1.61 bits per heavy atom. The third-order valence-corrected chi connectivity index (χ3v) is 7.83. The van der Waals surface area contributed by atoms with Crippen LogP contribution in [0.15, 0.2) is 72.9 Å². The summed E-state index contributed by atoms with van der Waals surface area (Å²) < 4.78 is 5.08. The summed E-state index contributed by atoms with van der Waals surface area (Å²) in [6, 6.07) is 16.9. The highest BCUT2D eigenvalue weighted by Crippen LogP contribution is 2.54. The lowest BCUT2D eigenvalue weighted by Crippen LogP contribution is -2.44. The van der Waals surface area contributed by atoms with Crippen LogP contribution in [0.4, 0.5) is 5.69 Å². The lowest BCUT2D eigenvalue weighted by molar-refractivity contribution is -0.132. The SMILES string of the molecule is CC(=O)Oc1ccc(N2C(=O)[C@@H]3[C@H](C2=O)[C@H]2c4ccccc4C=CN2[C@@H]3C(=O)c2ccc(Cl)cc2Cl)cc1. The summed E-state index contributed by atoms with van der Waals surface area (Å²) >= 11 is 12.5.